The quantitative estimate of drug-likeness (QED) is 0.460. The standard InChI is InChI=1S/C7H15N/c1-6-4-5-7(2)8(6)3/h6-7H,4-5H2,1-3H3/t6-,7?/m1/s1. The van der Waals surface area contributed by atoms with Crippen molar-refractivity contribution in [2.45, 2.75) is 38.8 Å². The van der Waals surface area contributed by atoms with Crippen LogP contribution in [0.15, 0.2) is 0 Å². The highest BCUT2D eigenvalue weighted by Crippen LogP contribution is 2.20. The molecule has 1 aliphatic rings. The van der Waals surface area contributed by atoms with E-state index in [-0.39, 0.29) is 0 Å². The minimum Gasteiger partial charge on any atom is -0.301 e. The predicted molar refractivity (Wildman–Crippen MR) is 35.9 cm³/mol. The zero-order chi connectivity index (χ0) is 6.15. The largest absolute Gasteiger partial charge is 0.301 e. The van der Waals surface area contributed by atoms with E-state index in [1.165, 1.54) is 12.8 Å². The molecule has 1 fully saturated rings. The summed E-state index contributed by atoms with van der Waals surface area (Å²) in [6.45, 7) is 4.59. The van der Waals surface area contributed by atoms with E-state index in [1.54, 1.807) is 0 Å². The molecule has 0 N–H and O–H groups in total. The smallest absolute Gasteiger partial charge is 0.00672 e. The highest BCUT2D eigenvalue weighted by molar-refractivity contribution is 4.78. The van der Waals surface area contributed by atoms with Crippen LogP contribution in [-0.2, 0) is 0 Å². The third-order valence-corrected chi connectivity index (χ3v) is 2.39. The van der Waals surface area contributed by atoms with Gasteiger partial charge in [-0.2, -0.15) is 0 Å². The van der Waals surface area contributed by atoms with Crippen LogP contribution >= 0.6 is 0 Å². The molecule has 0 aromatic rings. The maximum atomic E-state index is 2.44. The molecule has 0 aliphatic carbocycles. The second kappa shape index (κ2) is 2.06. The van der Waals surface area contributed by atoms with Gasteiger partial charge in [0.25, 0.3) is 0 Å². The lowest BCUT2D eigenvalue weighted by molar-refractivity contribution is 0.267. The lowest BCUT2D eigenvalue weighted by atomic mass is 10.2. The van der Waals surface area contributed by atoms with E-state index in [0.29, 0.717) is 0 Å². The average Bonchev–Trinajstić information content (AvgIpc) is 1.98. The second-order valence-electron chi connectivity index (χ2n) is 2.94. The van der Waals surface area contributed by atoms with E-state index in [9.17, 15) is 0 Å². The van der Waals surface area contributed by atoms with Crippen LogP contribution < -0.4 is 0 Å². The van der Waals surface area contributed by atoms with E-state index in [4.69, 9.17) is 0 Å². The van der Waals surface area contributed by atoms with Crippen LogP contribution in [0.4, 0.5) is 0 Å². The van der Waals surface area contributed by atoms with Gasteiger partial charge in [0, 0.05) is 12.1 Å². The molecule has 1 aliphatic heterocycles. The molecule has 48 valence electrons. The molecule has 1 rings (SSSR count). The van der Waals surface area contributed by atoms with Crippen LogP contribution in [0.5, 0.6) is 0 Å². The van der Waals surface area contributed by atoms with Crippen molar-refractivity contribution in [3.63, 3.8) is 0 Å². The van der Waals surface area contributed by atoms with E-state index >= 15 is 0 Å². The molecule has 2 atom stereocenters. The summed E-state index contributed by atoms with van der Waals surface area (Å²) in [4.78, 5) is 2.44. The van der Waals surface area contributed by atoms with Gasteiger partial charge in [0.1, 0.15) is 0 Å². The molecule has 0 saturated carbocycles. The normalized spacial score (nSPS) is 40.9. The number of hydrogen-bond donors (Lipinski definition) is 0. The van der Waals surface area contributed by atoms with Gasteiger partial charge in [0.05, 0.1) is 0 Å². The fraction of sp³-hybridized carbons (Fsp3) is 1.00. The van der Waals surface area contributed by atoms with Gasteiger partial charge in [-0.25, -0.2) is 0 Å². The Labute approximate surface area is 51.7 Å². The second-order valence-corrected chi connectivity index (χ2v) is 2.94. The summed E-state index contributed by atoms with van der Waals surface area (Å²) in [7, 11) is 2.21. The summed E-state index contributed by atoms with van der Waals surface area (Å²) in [5.41, 5.74) is 0. The van der Waals surface area contributed by atoms with E-state index in [0.717, 1.165) is 12.1 Å². The molecule has 1 nitrogen and oxygen atoms in total. The first kappa shape index (κ1) is 6.09. The molecule has 0 radical (unpaired) electrons. The number of likely N-dealkylation sites (tertiary alicyclic amines) is 1. The van der Waals surface area contributed by atoms with Crippen LogP contribution in [-0.4, -0.2) is 24.0 Å². The minimum atomic E-state index is 0.824. The molecule has 1 saturated heterocycles. The minimum absolute atomic E-state index is 0.824. The number of rotatable bonds is 0. The van der Waals surface area contributed by atoms with Crippen molar-refractivity contribution >= 4 is 0 Å². The van der Waals surface area contributed by atoms with Crippen LogP contribution in [0, 0.1) is 0 Å². The van der Waals surface area contributed by atoms with E-state index in [1.807, 2.05) is 0 Å². The SMILES string of the molecule is CC1CC[C@@H](C)N1C. The topological polar surface area (TPSA) is 3.24 Å². The summed E-state index contributed by atoms with van der Waals surface area (Å²) in [6, 6.07) is 1.65. The molecule has 1 unspecified atom stereocenters. The molecule has 8 heavy (non-hydrogen) atoms. The van der Waals surface area contributed by atoms with Crippen molar-refractivity contribution in [2.24, 2.45) is 0 Å². The van der Waals surface area contributed by atoms with Gasteiger partial charge in [0.15, 0.2) is 0 Å². The van der Waals surface area contributed by atoms with Crippen molar-refractivity contribution in [1.82, 2.24) is 4.90 Å². The van der Waals surface area contributed by atoms with Gasteiger partial charge in [-0.15, -0.1) is 0 Å². The van der Waals surface area contributed by atoms with Gasteiger partial charge in [0.2, 0.25) is 0 Å². The molecule has 1 heteroatoms. The molecule has 0 spiro atoms. The Morgan fingerprint density at radius 1 is 1.12 bits per heavy atom. The lowest BCUT2D eigenvalue weighted by Gasteiger charge is -2.18. The number of hydrogen-bond acceptors (Lipinski definition) is 1. The van der Waals surface area contributed by atoms with Gasteiger partial charge >= 0.3 is 0 Å². The Kier molecular flexibility index (Phi) is 1.57. The predicted octanol–water partition coefficient (Wildman–Crippen LogP) is 1.49. The summed E-state index contributed by atoms with van der Waals surface area (Å²) in [6.07, 6.45) is 2.77. The lowest BCUT2D eigenvalue weighted by Crippen LogP contribution is -2.27. The molecule has 0 amide bonds. The molecule has 0 aromatic heterocycles. The third kappa shape index (κ3) is 0.873. The summed E-state index contributed by atoms with van der Waals surface area (Å²) < 4.78 is 0. The Balaban J connectivity index is 2.44. The summed E-state index contributed by atoms with van der Waals surface area (Å²) in [5.74, 6) is 0. The van der Waals surface area contributed by atoms with Gasteiger partial charge in [-0.3, -0.25) is 0 Å². The zero-order valence-corrected chi connectivity index (χ0v) is 6.02. The van der Waals surface area contributed by atoms with Gasteiger partial charge in [-0.1, -0.05) is 0 Å². The van der Waals surface area contributed by atoms with Crippen LogP contribution in [0.1, 0.15) is 26.7 Å². The van der Waals surface area contributed by atoms with Crippen LogP contribution in [0.25, 0.3) is 0 Å². The van der Waals surface area contributed by atoms with Crippen molar-refractivity contribution in [3.8, 4) is 0 Å². The van der Waals surface area contributed by atoms with Crippen molar-refractivity contribution in [1.29, 1.82) is 0 Å². The highest BCUT2D eigenvalue weighted by Gasteiger charge is 2.22. The number of nitrogens with zero attached hydrogens (tertiary/aromatic N) is 1. The first-order chi connectivity index (χ1) is 3.72. The highest BCUT2D eigenvalue weighted by atomic mass is 15.2. The molecular weight excluding hydrogens is 98.1 g/mol. The molecule has 0 bridgehead atoms. The fourth-order valence-electron chi connectivity index (χ4n) is 1.32. The molecule has 1 heterocycles. The van der Waals surface area contributed by atoms with E-state index in [2.05, 4.69) is 25.8 Å². The monoisotopic (exact) mass is 113 g/mol. The van der Waals surface area contributed by atoms with Crippen molar-refractivity contribution in [3.05, 3.63) is 0 Å². The summed E-state index contributed by atoms with van der Waals surface area (Å²) in [5, 5.41) is 0. The van der Waals surface area contributed by atoms with Crippen molar-refractivity contribution < 1.29 is 0 Å². The third-order valence-electron chi connectivity index (χ3n) is 2.39. The first-order valence-electron chi connectivity index (χ1n) is 3.43. The van der Waals surface area contributed by atoms with Crippen LogP contribution in [0.3, 0.4) is 0 Å². The van der Waals surface area contributed by atoms with Crippen LogP contribution in [0.2, 0.25) is 0 Å². The Bertz CT molecular complexity index is 70.5. The Hall–Kier alpha value is -0.0400. The Morgan fingerprint density at radius 2 is 1.50 bits per heavy atom. The molecule has 0 aromatic carbocycles. The first-order valence-corrected chi connectivity index (χ1v) is 3.43. The summed E-state index contributed by atoms with van der Waals surface area (Å²) >= 11 is 0. The van der Waals surface area contributed by atoms with E-state index < -0.39 is 0 Å². The molecular formula is C7H15N. The van der Waals surface area contributed by atoms with Gasteiger partial charge < -0.3 is 4.90 Å². The average molecular weight is 113 g/mol. The van der Waals surface area contributed by atoms with Crippen molar-refractivity contribution in [2.75, 3.05) is 7.05 Å². The Morgan fingerprint density at radius 3 is 1.62 bits per heavy atom. The fourth-order valence-corrected chi connectivity index (χ4v) is 1.32. The van der Waals surface area contributed by atoms with Gasteiger partial charge in [-0.05, 0) is 33.7 Å². The zero-order valence-electron chi connectivity index (χ0n) is 6.02. The maximum absolute atomic E-state index is 2.44. The maximum Gasteiger partial charge on any atom is 0.00672 e.